The van der Waals surface area contributed by atoms with Crippen molar-refractivity contribution in [2.24, 2.45) is 0 Å². The smallest absolute Gasteiger partial charge is 0.255 e. The molecule has 11 heavy (non-hydrogen) atoms. The summed E-state index contributed by atoms with van der Waals surface area (Å²) in [5.41, 5.74) is 4.55. The van der Waals surface area contributed by atoms with Crippen LogP contribution in [0.5, 0.6) is 0 Å². The monoisotopic (exact) mass is 157 g/mol. The minimum Gasteiger partial charge on any atom is -0.295 e. The minimum atomic E-state index is -0.330. The van der Waals surface area contributed by atoms with Crippen molar-refractivity contribution in [1.82, 2.24) is 16.2 Å². The quantitative estimate of drug-likeness (QED) is 0.401. The van der Waals surface area contributed by atoms with Crippen LogP contribution in [-0.2, 0) is 9.59 Å². The normalized spacial score (nSPS) is 32.2. The molecular formula is C6H11N3O2. The molecule has 0 aromatic heterocycles. The molecule has 1 aliphatic rings. The molecule has 1 saturated heterocycles. The van der Waals surface area contributed by atoms with Gasteiger partial charge in [0, 0.05) is 0 Å². The number of hydrogen-bond acceptors (Lipinski definition) is 3. The van der Waals surface area contributed by atoms with Crippen LogP contribution in [-0.4, -0.2) is 23.9 Å². The molecule has 0 aromatic carbocycles. The first-order valence-electron chi connectivity index (χ1n) is 3.47. The summed E-state index contributed by atoms with van der Waals surface area (Å²) in [5, 5.41) is 2.82. The molecule has 1 rings (SSSR count). The van der Waals surface area contributed by atoms with Gasteiger partial charge in [-0.05, 0) is 13.8 Å². The Bertz CT molecular complexity index is 172. The number of hydrazine groups is 1. The van der Waals surface area contributed by atoms with E-state index < -0.39 is 0 Å². The molecule has 0 spiro atoms. The number of hydrogen-bond donors (Lipinski definition) is 3. The van der Waals surface area contributed by atoms with Crippen LogP contribution >= 0.6 is 0 Å². The molecule has 0 aliphatic carbocycles. The lowest BCUT2D eigenvalue weighted by Gasteiger charge is -2.09. The highest BCUT2D eigenvalue weighted by Gasteiger charge is 2.23. The Kier molecular flexibility index (Phi) is 2.09. The lowest BCUT2D eigenvalue weighted by molar-refractivity contribution is -0.127. The van der Waals surface area contributed by atoms with E-state index in [9.17, 15) is 9.59 Å². The number of carbonyl (C=O) groups excluding carboxylic acids is 2. The van der Waals surface area contributed by atoms with Gasteiger partial charge in [0.05, 0.1) is 12.1 Å². The van der Waals surface area contributed by atoms with Crippen LogP contribution in [0, 0.1) is 0 Å². The lowest BCUT2D eigenvalue weighted by atomic mass is 10.2. The summed E-state index contributed by atoms with van der Waals surface area (Å²) in [7, 11) is 0. The number of nitrogens with one attached hydrogen (secondary N) is 3. The van der Waals surface area contributed by atoms with Gasteiger partial charge < -0.3 is 0 Å². The van der Waals surface area contributed by atoms with Crippen molar-refractivity contribution < 1.29 is 9.59 Å². The van der Waals surface area contributed by atoms with Crippen molar-refractivity contribution >= 4 is 11.8 Å². The van der Waals surface area contributed by atoms with E-state index in [0.717, 1.165) is 0 Å². The first-order valence-corrected chi connectivity index (χ1v) is 3.47. The molecule has 2 atom stereocenters. The summed E-state index contributed by atoms with van der Waals surface area (Å²) in [6.07, 6.45) is 0. The summed E-state index contributed by atoms with van der Waals surface area (Å²) in [5.74, 6) is -0.439. The van der Waals surface area contributed by atoms with Crippen molar-refractivity contribution in [3.05, 3.63) is 0 Å². The van der Waals surface area contributed by atoms with Gasteiger partial charge in [-0.25, -0.2) is 0 Å². The van der Waals surface area contributed by atoms with E-state index in [0.29, 0.717) is 0 Å². The van der Waals surface area contributed by atoms with E-state index in [1.165, 1.54) is 0 Å². The molecule has 5 nitrogen and oxygen atoms in total. The Labute approximate surface area is 64.5 Å². The third-order valence-corrected chi connectivity index (χ3v) is 1.60. The third kappa shape index (κ3) is 1.68. The predicted molar refractivity (Wildman–Crippen MR) is 38.3 cm³/mol. The Hall–Kier alpha value is -1.10. The maximum Gasteiger partial charge on any atom is 0.255 e. The predicted octanol–water partition coefficient (Wildman–Crippen LogP) is -1.49. The summed E-state index contributed by atoms with van der Waals surface area (Å²) in [6.45, 7) is 3.40. The average Bonchev–Trinajstić information content (AvgIpc) is 2.05. The fourth-order valence-corrected chi connectivity index (χ4v) is 0.866. The molecule has 1 heterocycles. The van der Waals surface area contributed by atoms with E-state index in [4.69, 9.17) is 0 Å². The lowest BCUT2D eigenvalue weighted by Crippen LogP contribution is -2.43. The first-order chi connectivity index (χ1) is 5.11. The van der Waals surface area contributed by atoms with Gasteiger partial charge in [0.2, 0.25) is 0 Å². The zero-order valence-electron chi connectivity index (χ0n) is 6.47. The topological polar surface area (TPSA) is 70.2 Å². The van der Waals surface area contributed by atoms with Crippen LogP contribution in [0.15, 0.2) is 0 Å². The Balaban J connectivity index is 2.66. The van der Waals surface area contributed by atoms with Gasteiger partial charge in [0.15, 0.2) is 0 Å². The average molecular weight is 157 g/mol. The summed E-state index contributed by atoms with van der Waals surface area (Å²) >= 11 is 0. The number of carbonyl (C=O) groups is 2. The molecule has 3 N–H and O–H groups in total. The van der Waals surface area contributed by atoms with Crippen LogP contribution in [0.2, 0.25) is 0 Å². The van der Waals surface area contributed by atoms with Crippen molar-refractivity contribution in [2.45, 2.75) is 25.9 Å². The summed E-state index contributed by atoms with van der Waals surface area (Å²) < 4.78 is 0. The van der Waals surface area contributed by atoms with Gasteiger partial charge >= 0.3 is 0 Å². The van der Waals surface area contributed by atoms with Crippen LogP contribution < -0.4 is 16.2 Å². The molecule has 1 fully saturated rings. The van der Waals surface area contributed by atoms with E-state index in [2.05, 4.69) is 16.2 Å². The molecule has 0 aromatic rings. The van der Waals surface area contributed by atoms with Crippen molar-refractivity contribution in [1.29, 1.82) is 0 Å². The van der Waals surface area contributed by atoms with Crippen LogP contribution in [0.3, 0.4) is 0 Å². The first kappa shape index (κ1) is 8.00. The van der Waals surface area contributed by atoms with Gasteiger partial charge in [-0.3, -0.25) is 25.8 Å². The Morgan fingerprint density at radius 2 is 1.36 bits per heavy atom. The van der Waals surface area contributed by atoms with E-state index >= 15 is 0 Å². The van der Waals surface area contributed by atoms with Crippen molar-refractivity contribution in [3.8, 4) is 0 Å². The molecule has 0 radical (unpaired) electrons. The maximum atomic E-state index is 10.9. The summed E-state index contributed by atoms with van der Waals surface area (Å²) in [6, 6.07) is -0.659. The van der Waals surface area contributed by atoms with E-state index in [-0.39, 0.29) is 23.9 Å². The Morgan fingerprint density at radius 3 is 1.73 bits per heavy atom. The zero-order valence-corrected chi connectivity index (χ0v) is 6.47. The highest BCUT2D eigenvalue weighted by Crippen LogP contribution is 1.90. The second kappa shape index (κ2) is 2.87. The van der Waals surface area contributed by atoms with Gasteiger partial charge in [-0.1, -0.05) is 0 Å². The second-order valence-corrected chi connectivity index (χ2v) is 2.59. The molecule has 2 amide bonds. The minimum absolute atomic E-state index is 0.220. The van der Waals surface area contributed by atoms with Gasteiger partial charge in [-0.2, -0.15) is 0 Å². The fourth-order valence-electron chi connectivity index (χ4n) is 0.866. The van der Waals surface area contributed by atoms with Crippen molar-refractivity contribution in [3.63, 3.8) is 0 Å². The second-order valence-electron chi connectivity index (χ2n) is 2.59. The SMILES string of the molecule is C[C@@H]1N[C@@H](C)C(=O)NNC1=O. The van der Waals surface area contributed by atoms with Gasteiger partial charge in [-0.15, -0.1) is 0 Å². The zero-order chi connectivity index (χ0) is 8.43. The highest BCUT2D eigenvalue weighted by molar-refractivity contribution is 5.89. The molecular weight excluding hydrogens is 146 g/mol. The molecule has 62 valence electrons. The van der Waals surface area contributed by atoms with E-state index in [1.54, 1.807) is 13.8 Å². The Morgan fingerprint density at radius 1 is 1.00 bits per heavy atom. The van der Waals surface area contributed by atoms with Crippen LogP contribution in [0.4, 0.5) is 0 Å². The van der Waals surface area contributed by atoms with E-state index in [1.807, 2.05) is 0 Å². The molecule has 0 bridgehead atoms. The molecule has 1 aliphatic heterocycles. The van der Waals surface area contributed by atoms with Gasteiger partial charge in [0.25, 0.3) is 11.8 Å². The third-order valence-electron chi connectivity index (χ3n) is 1.60. The summed E-state index contributed by atoms with van der Waals surface area (Å²) in [4.78, 5) is 21.8. The largest absolute Gasteiger partial charge is 0.295 e. The number of amides is 2. The van der Waals surface area contributed by atoms with Crippen LogP contribution in [0.1, 0.15) is 13.8 Å². The molecule has 0 saturated carbocycles. The molecule has 0 unspecified atom stereocenters. The highest BCUT2D eigenvalue weighted by atomic mass is 16.2. The van der Waals surface area contributed by atoms with Crippen molar-refractivity contribution in [2.75, 3.05) is 0 Å². The molecule has 5 heteroatoms. The number of rotatable bonds is 0. The van der Waals surface area contributed by atoms with Gasteiger partial charge in [0.1, 0.15) is 0 Å². The fraction of sp³-hybridized carbons (Fsp3) is 0.667. The van der Waals surface area contributed by atoms with Crippen LogP contribution in [0.25, 0.3) is 0 Å². The maximum absolute atomic E-state index is 10.9. The standard InChI is InChI=1S/C6H11N3O2/c1-3-5(10)8-9-6(11)4(2)7-3/h3-4,7H,1-2H3,(H,8,10)(H,9,11)/t3-,4-/m0/s1.